The van der Waals surface area contributed by atoms with Crippen LogP contribution in [0.15, 0.2) is 28.7 Å². The number of nitrogens with one attached hydrogen (secondary N) is 1. The summed E-state index contributed by atoms with van der Waals surface area (Å²) in [5.74, 6) is -0.292. The van der Waals surface area contributed by atoms with Crippen LogP contribution in [0.25, 0.3) is 0 Å². The molecule has 1 saturated heterocycles. The molecule has 1 fully saturated rings. The van der Waals surface area contributed by atoms with E-state index in [1.54, 1.807) is 13.0 Å². The summed E-state index contributed by atoms with van der Waals surface area (Å²) in [5.41, 5.74) is -0.354. The molecule has 1 aliphatic rings. The van der Waals surface area contributed by atoms with Crippen molar-refractivity contribution in [3.63, 3.8) is 0 Å². The van der Waals surface area contributed by atoms with E-state index in [0.29, 0.717) is 25.1 Å². The monoisotopic (exact) mass is 326 g/mol. The number of nitrogens with zero attached hydrogens (tertiary/aromatic N) is 1. The van der Waals surface area contributed by atoms with Crippen molar-refractivity contribution in [2.45, 2.75) is 25.3 Å². The van der Waals surface area contributed by atoms with E-state index in [9.17, 15) is 9.59 Å². The molecule has 1 aromatic rings. The lowest BCUT2D eigenvalue weighted by Crippen LogP contribution is -2.52. The number of carbonyl (C=O) groups excluding carboxylic acids is 1. The van der Waals surface area contributed by atoms with Crippen LogP contribution < -0.4 is 5.32 Å². The van der Waals surface area contributed by atoms with E-state index in [4.69, 9.17) is 5.11 Å². The van der Waals surface area contributed by atoms with Gasteiger partial charge in [0.2, 0.25) is 5.91 Å². The highest BCUT2D eigenvalue weighted by Crippen LogP contribution is 2.31. The molecule has 2 rings (SSSR count). The molecular weight excluding hydrogens is 312 g/mol. The Hall–Kier alpha value is -1.56. The first-order valence-corrected chi connectivity index (χ1v) is 6.81. The van der Waals surface area contributed by atoms with Crippen molar-refractivity contribution >= 4 is 33.6 Å². The Balaban J connectivity index is 2.20. The van der Waals surface area contributed by atoms with Gasteiger partial charge < -0.3 is 10.4 Å². The molecule has 0 bridgehead atoms. The van der Waals surface area contributed by atoms with Crippen LogP contribution in [-0.4, -0.2) is 34.1 Å². The van der Waals surface area contributed by atoms with E-state index >= 15 is 0 Å². The SMILES string of the molecule is CC1(C(=O)Nc2ccccc2Br)CCCN1C(=O)O. The molecule has 0 saturated carbocycles. The summed E-state index contributed by atoms with van der Waals surface area (Å²) in [6.07, 6.45) is 0.184. The highest BCUT2D eigenvalue weighted by atomic mass is 79.9. The topological polar surface area (TPSA) is 69.6 Å². The number of hydrogen-bond donors (Lipinski definition) is 2. The van der Waals surface area contributed by atoms with Crippen molar-refractivity contribution in [3.8, 4) is 0 Å². The minimum atomic E-state index is -1.05. The molecule has 19 heavy (non-hydrogen) atoms. The fourth-order valence-electron chi connectivity index (χ4n) is 2.33. The summed E-state index contributed by atoms with van der Waals surface area (Å²) in [6, 6.07) is 7.25. The Labute approximate surface area is 119 Å². The van der Waals surface area contributed by atoms with Crippen LogP contribution >= 0.6 is 15.9 Å². The first-order chi connectivity index (χ1) is 8.95. The number of anilines is 1. The molecule has 1 aliphatic heterocycles. The number of carboxylic acid groups (broad SMARTS) is 1. The van der Waals surface area contributed by atoms with Gasteiger partial charge in [-0.1, -0.05) is 12.1 Å². The number of likely N-dealkylation sites (tertiary alicyclic amines) is 1. The van der Waals surface area contributed by atoms with E-state index in [1.807, 2.05) is 18.2 Å². The number of para-hydroxylation sites is 1. The van der Waals surface area contributed by atoms with Gasteiger partial charge >= 0.3 is 6.09 Å². The van der Waals surface area contributed by atoms with Crippen LogP contribution in [-0.2, 0) is 4.79 Å². The van der Waals surface area contributed by atoms with Crippen molar-refractivity contribution in [2.75, 3.05) is 11.9 Å². The van der Waals surface area contributed by atoms with Crippen molar-refractivity contribution in [1.82, 2.24) is 4.90 Å². The molecule has 2 N–H and O–H groups in total. The molecule has 0 aliphatic carbocycles. The number of rotatable bonds is 2. The van der Waals surface area contributed by atoms with E-state index in [0.717, 1.165) is 4.47 Å². The Morgan fingerprint density at radius 3 is 2.74 bits per heavy atom. The van der Waals surface area contributed by atoms with E-state index in [-0.39, 0.29) is 5.91 Å². The van der Waals surface area contributed by atoms with Gasteiger partial charge in [-0.3, -0.25) is 9.69 Å². The third-order valence-electron chi connectivity index (χ3n) is 3.48. The Kier molecular flexibility index (Phi) is 3.80. The van der Waals surface area contributed by atoms with Crippen molar-refractivity contribution in [1.29, 1.82) is 0 Å². The number of carbonyl (C=O) groups is 2. The van der Waals surface area contributed by atoms with Crippen LogP contribution in [0.2, 0.25) is 0 Å². The summed E-state index contributed by atoms with van der Waals surface area (Å²) in [5, 5.41) is 11.9. The van der Waals surface area contributed by atoms with Gasteiger partial charge in [0.05, 0.1) is 5.69 Å². The van der Waals surface area contributed by atoms with Crippen molar-refractivity contribution in [3.05, 3.63) is 28.7 Å². The van der Waals surface area contributed by atoms with Gasteiger partial charge in [0.15, 0.2) is 0 Å². The third-order valence-corrected chi connectivity index (χ3v) is 4.17. The molecular formula is C13H15BrN2O3. The van der Waals surface area contributed by atoms with Gasteiger partial charge in [-0.25, -0.2) is 4.79 Å². The zero-order valence-corrected chi connectivity index (χ0v) is 12.1. The quantitative estimate of drug-likeness (QED) is 0.877. The number of halogens is 1. The fraction of sp³-hybridized carbons (Fsp3) is 0.385. The molecule has 102 valence electrons. The molecule has 2 amide bonds. The molecule has 1 unspecified atom stereocenters. The molecule has 5 nitrogen and oxygen atoms in total. The maximum Gasteiger partial charge on any atom is 0.408 e. The molecule has 0 spiro atoms. The first kappa shape index (κ1) is 13.9. The first-order valence-electron chi connectivity index (χ1n) is 6.02. The Morgan fingerprint density at radius 1 is 1.42 bits per heavy atom. The maximum absolute atomic E-state index is 12.4. The normalized spacial score (nSPS) is 22.3. The molecule has 1 heterocycles. The molecule has 0 aromatic heterocycles. The lowest BCUT2D eigenvalue weighted by Gasteiger charge is -2.31. The van der Waals surface area contributed by atoms with Gasteiger partial charge in [-0.15, -0.1) is 0 Å². The van der Waals surface area contributed by atoms with E-state index < -0.39 is 11.6 Å². The van der Waals surface area contributed by atoms with Crippen LogP contribution in [0, 0.1) is 0 Å². The van der Waals surface area contributed by atoms with E-state index in [1.165, 1.54) is 4.90 Å². The Morgan fingerprint density at radius 2 is 2.11 bits per heavy atom. The van der Waals surface area contributed by atoms with Crippen LogP contribution in [0.4, 0.5) is 10.5 Å². The molecule has 6 heteroatoms. The third kappa shape index (κ3) is 2.58. The lowest BCUT2D eigenvalue weighted by molar-refractivity contribution is -0.124. The molecule has 0 radical (unpaired) electrons. The average Bonchev–Trinajstić information content (AvgIpc) is 2.76. The predicted molar refractivity (Wildman–Crippen MR) is 75.1 cm³/mol. The zero-order valence-electron chi connectivity index (χ0n) is 10.5. The summed E-state index contributed by atoms with van der Waals surface area (Å²) in [4.78, 5) is 24.8. The minimum Gasteiger partial charge on any atom is -0.465 e. The highest BCUT2D eigenvalue weighted by Gasteiger charge is 2.46. The number of benzene rings is 1. The van der Waals surface area contributed by atoms with Gasteiger partial charge in [-0.05, 0) is 47.8 Å². The largest absolute Gasteiger partial charge is 0.465 e. The average molecular weight is 327 g/mol. The minimum absolute atomic E-state index is 0.292. The summed E-state index contributed by atoms with van der Waals surface area (Å²) in [7, 11) is 0. The van der Waals surface area contributed by atoms with Crippen molar-refractivity contribution in [2.24, 2.45) is 0 Å². The van der Waals surface area contributed by atoms with Crippen molar-refractivity contribution < 1.29 is 14.7 Å². The molecule has 1 atom stereocenters. The smallest absolute Gasteiger partial charge is 0.408 e. The maximum atomic E-state index is 12.4. The Bertz CT molecular complexity index is 520. The van der Waals surface area contributed by atoms with Gasteiger partial charge in [0.1, 0.15) is 5.54 Å². The van der Waals surface area contributed by atoms with Gasteiger partial charge in [0.25, 0.3) is 0 Å². The zero-order chi connectivity index (χ0) is 14.0. The summed E-state index contributed by atoms with van der Waals surface area (Å²) < 4.78 is 0.770. The standard InChI is InChI=1S/C13H15BrN2O3/c1-13(7-4-8-16(13)12(18)19)11(17)15-10-6-3-2-5-9(10)14/h2-3,5-6H,4,7-8H2,1H3,(H,15,17)(H,18,19). The second-order valence-electron chi connectivity index (χ2n) is 4.75. The number of amides is 2. The second kappa shape index (κ2) is 5.21. The summed E-state index contributed by atoms with van der Waals surface area (Å²) >= 11 is 3.35. The highest BCUT2D eigenvalue weighted by molar-refractivity contribution is 9.10. The van der Waals surface area contributed by atoms with Gasteiger partial charge in [0, 0.05) is 11.0 Å². The van der Waals surface area contributed by atoms with Crippen LogP contribution in [0.3, 0.4) is 0 Å². The fourth-order valence-corrected chi connectivity index (χ4v) is 2.71. The van der Waals surface area contributed by atoms with Crippen LogP contribution in [0.1, 0.15) is 19.8 Å². The summed E-state index contributed by atoms with van der Waals surface area (Å²) in [6.45, 7) is 2.06. The van der Waals surface area contributed by atoms with Crippen LogP contribution in [0.5, 0.6) is 0 Å². The predicted octanol–water partition coefficient (Wildman–Crippen LogP) is 2.92. The molecule has 1 aromatic carbocycles. The van der Waals surface area contributed by atoms with E-state index in [2.05, 4.69) is 21.2 Å². The lowest BCUT2D eigenvalue weighted by atomic mass is 9.98. The number of hydrogen-bond acceptors (Lipinski definition) is 2. The van der Waals surface area contributed by atoms with Gasteiger partial charge in [-0.2, -0.15) is 0 Å². The second-order valence-corrected chi connectivity index (χ2v) is 5.60.